The first-order valence-corrected chi connectivity index (χ1v) is 5.63. The number of hydrogen-bond acceptors (Lipinski definition) is 2. The van der Waals surface area contributed by atoms with Crippen LogP contribution in [0.2, 0.25) is 0 Å². The van der Waals surface area contributed by atoms with Crippen molar-refractivity contribution in [3.8, 4) is 11.8 Å². The second-order valence-electron chi connectivity index (χ2n) is 3.37. The summed E-state index contributed by atoms with van der Waals surface area (Å²) in [6.07, 6.45) is 0. The molecule has 0 spiro atoms. The van der Waals surface area contributed by atoms with Crippen LogP contribution in [-0.4, -0.2) is 4.98 Å². The summed E-state index contributed by atoms with van der Waals surface area (Å²) in [6, 6.07) is 8.05. The van der Waals surface area contributed by atoms with Gasteiger partial charge in [0.05, 0.1) is 4.88 Å². The molecule has 0 atom stereocenters. The highest BCUT2D eigenvalue weighted by atomic mass is 32.1. The molecule has 0 bridgehead atoms. The van der Waals surface area contributed by atoms with Gasteiger partial charge >= 0.3 is 0 Å². The van der Waals surface area contributed by atoms with Crippen molar-refractivity contribution in [2.45, 2.75) is 13.8 Å². The van der Waals surface area contributed by atoms with Gasteiger partial charge in [-0.1, -0.05) is 17.9 Å². The normalized spacial score (nSPS) is 9.47. The molecule has 0 saturated heterocycles. The molecule has 1 nitrogen and oxygen atoms in total. The van der Waals surface area contributed by atoms with Gasteiger partial charge in [-0.3, -0.25) is 4.98 Å². The lowest BCUT2D eigenvalue weighted by Gasteiger charge is -1.96. The van der Waals surface area contributed by atoms with Gasteiger partial charge in [-0.25, -0.2) is 0 Å². The van der Waals surface area contributed by atoms with Gasteiger partial charge in [0.25, 0.3) is 0 Å². The van der Waals surface area contributed by atoms with E-state index in [-0.39, 0.29) is 0 Å². The SMILES string of the molecule is Cc1cc(C#Cc2cccs2)cc(C)n1. The molecule has 0 unspecified atom stereocenters. The standard InChI is InChI=1S/C13H11NS/c1-10-8-12(9-11(2)14-10)5-6-13-4-3-7-15-13/h3-4,7-9H,1-2H3. The summed E-state index contributed by atoms with van der Waals surface area (Å²) in [5.41, 5.74) is 3.07. The predicted octanol–water partition coefficient (Wildman–Crippen LogP) is 3.16. The molecule has 0 saturated carbocycles. The number of thiophene rings is 1. The van der Waals surface area contributed by atoms with E-state index < -0.39 is 0 Å². The molecule has 74 valence electrons. The third kappa shape index (κ3) is 2.68. The molecule has 0 N–H and O–H groups in total. The van der Waals surface area contributed by atoms with Crippen molar-refractivity contribution in [3.63, 3.8) is 0 Å². The second-order valence-corrected chi connectivity index (χ2v) is 4.31. The molecular weight excluding hydrogens is 202 g/mol. The van der Waals surface area contributed by atoms with Crippen LogP contribution in [0.3, 0.4) is 0 Å². The minimum absolute atomic E-state index is 1.02. The van der Waals surface area contributed by atoms with Gasteiger partial charge in [0, 0.05) is 17.0 Å². The minimum atomic E-state index is 1.02. The van der Waals surface area contributed by atoms with Crippen LogP contribution in [0.5, 0.6) is 0 Å². The van der Waals surface area contributed by atoms with Crippen molar-refractivity contribution in [3.05, 3.63) is 51.5 Å². The summed E-state index contributed by atoms with van der Waals surface area (Å²) in [5.74, 6) is 6.29. The zero-order valence-electron chi connectivity index (χ0n) is 8.74. The Bertz CT molecular complexity index is 495. The van der Waals surface area contributed by atoms with Gasteiger partial charge in [-0.05, 0) is 37.4 Å². The fourth-order valence-electron chi connectivity index (χ4n) is 1.39. The third-order valence-electron chi connectivity index (χ3n) is 1.93. The van der Waals surface area contributed by atoms with Crippen molar-refractivity contribution >= 4 is 11.3 Å². The van der Waals surface area contributed by atoms with E-state index >= 15 is 0 Å². The highest BCUT2D eigenvalue weighted by Gasteiger charge is 1.93. The molecule has 0 aliphatic rings. The number of pyridine rings is 1. The summed E-state index contributed by atoms with van der Waals surface area (Å²) in [4.78, 5) is 5.41. The second kappa shape index (κ2) is 4.29. The van der Waals surface area contributed by atoms with Crippen molar-refractivity contribution in [2.24, 2.45) is 0 Å². The molecule has 2 heterocycles. The Hall–Kier alpha value is -1.59. The van der Waals surface area contributed by atoms with Crippen LogP contribution in [0.15, 0.2) is 29.6 Å². The van der Waals surface area contributed by atoms with Crippen molar-refractivity contribution in [1.29, 1.82) is 0 Å². The van der Waals surface area contributed by atoms with Crippen molar-refractivity contribution in [2.75, 3.05) is 0 Å². The lowest BCUT2D eigenvalue weighted by Crippen LogP contribution is -1.87. The Kier molecular flexibility index (Phi) is 2.84. The predicted molar refractivity (Wildman–Crippen MR) is 64.0 cm³/mol. The fraction of sp³-hybridized carbons (Fsp3) is 0.154. The molecule has 2 rings (SSSR count). The molecule has 0 amide bonds. The number of hydrogen-bond donors (Lipinski definition) is 0. The summed E-state index contributed by atoms with van der Waals surface area (Å²) >= 11 is 1.66. The van der Waals surface area contributed by atoms with Crippen LogP contribution >= 0.6 is 11.3 Å². The maximum Gasteiger partial charge on any atom is 0.0772 e. The van der Waals surface area contributed by atoms with E-state index in [0.717, 1.165) is 21.8 Å². The summed E-state index contributed by atoms with van der Waals surface area (Å²) in [7, 11) is 0. The van der Waals surface area contributed by atoms with E-state index in [1.165, 1.54) is 0 Å². The first kappa shape index (κ1) is 9.95. The zero-order chi connectivity index (χ0) is 10.7. The Balaban J connectivity index is 2.31. The quantitative estimate of drug-likeness (QED) is 0.613. The van der Waals surface area contributed by atoms with Crippen LogP contribution in [0, 0.1) is 25.7 Å². The summed E-state index contributed by atoms with van der Waals surface area (Å²) in [5, 5.41) is 2.03. The highest BCUT2D eigenvalue weighted by Crippen LogP contribution is 2.07. The summed E-state index contributed by atoms with van der Waals surface area (Å²) < 4.78 is 0. The Labute approximate surface area is 93.8 Å². The average molecular weight is 213 g/mol. The number of nitrogens with zero attached hydrogens (tertiary/aromatic N) is 1. The monoisotopic (exact) mass is 213 g/mol. The maximum absolute atomic E-state index is 4.31. The zero-order valence-corrected chi connectivity index (χ0v) is 9.56. The topological polar surface area (TPSA) is 12.9 Å². The molecular formula is C13H11NS. The van der Waals surface area contributed by atoms with Crippen LogP contribution in [0.1, 0.15) is 21.8 Å². The van der Waals surface area contributed by atoms with Crippen LogP contribution in [0.25, 0.3) is 0 Å². The van der Waals surface area contributed by atoms with Gasteiger partial charge in [0.1, 0.15) is 0 Å². The van der Waals surface area contributed by atoms with Crippen molar-refractivity contribution in [1.82, 2.24) is 4.98 Å². The van der Waals surface area contributed by atoms with Crippen LogP contribution < -0.4 is 0 Å². The number of aryl methyl sites for hydroxylation is 2. The maximum atomic E-state index is 4.31. The average Bonchev–Trinajstić information content (AvgIpc) is 2.65. The van der Waals surface area contributed by atoms with Crippen molar-refractivity contribution < 1.29 is 0 Å². The number of rotatable bonds is 0. The van der Waals surface area contributed by atoms with Gasteiger partial charge in [0.2, 0.25) is 0 Å². The smallest absolute Gasteiger partial charge is 0.0772 e. The van der Waals surface area contributed by atoms with E-state index in [2.05, 4.69) is 16.8 Å². The molecule has 2 aromatic rings. The van der Waals surface area contributed by atoms with E-state index in [1.807, 2.05) is 43.5 Å². The highest BCUT2D eigenvalue weighted by molar-refractivity contribution is 7.10. The van der Waals surface area contributed by atoms with E-state index in [9.17, 15) is 0 Å². The first-order valence-electron chi connectivity index (χ1n) is 4.75. The molecule has 2 aromatic heterocycles. The van der Waals surface area contributed by atoms with Gasteiger partial charge in [-0.15, -0.1) is 11.3 Å². The fourth-order valence-corrected chi connectivity index (χ4v) is 1.96. The first-order chi connectivity index (χ1) is 7.24. The third-order valence-corrected chi connectivity index (χ3v) is 2.72. The largest absolute Gasteiger partial charge is 0.258 e. The molecule has 0 radical (unpaired) electrons. The van der Waals surface area contributed by atoms with Crippen LogP contribution in [-0.2, 0) is 0 Å². The van der Waals surface area contributed by atoms with Gasteiger partial charge in [0.15, 0.2) is 0 Å². The Morgan fingerprint density at radius 1 is 1.13 bits per heavy atom. The lowest BCUT2D eigenvalue weighted by molar-refractivity contribution is 1.12. The lowest BCUT2D eigenvalue weighted by atomic mass is 10.2. The Morgan fingerprint density at radius 3 is 2.47 bits per heavy atom. The van der Waals surface area contributed by atoms with Crippen LogP contribution in [0.4, 0.5) is 0 Å². The molecule has 0 aromatic carbocycles. The molecule has 0 aliphatic carbocycles. The molecule has 15 heavy (non-hydrogen) atoms. The molecule has 0 fully saturated rings. The summed E-state index contributed by atoms with van der Waals surface area (Å²) in [6.45, 7) is 3.98. The van der Waals surface area contributed by atoms with E-state index in [1.54, 1.807) is 11.3 Å². The number of aromatic nitrogens is 1. The van der Waals surface area contributed by atoms with E-state index in [4.69, 9.17) is 0 Å². The molecule has 2 heteroatoms. The van der Waals surface area contributed by atoms with E-state index in [0.29, 0.717) is 0 Å². The van der Waals surface area contributed by atoms with Gasteiger partial charge in [-0.2, -0.15) is 0 Å². The minimum Gasteiger partial charge on any atom is -0.258 e. The molecule has 0 aliphatic heterocycles. The Morgan fingerprint density at radius 2 is 1.87 bits per heavy atom. The van der Waals surface area contributed by atoms with Gasteiger partial charge < -0.3 is 0 Å².